The first-order valence-electron chi connectivity index (χ1n) is 5.13. The Morgan fingerprint density at radius 3 is 2.33 bits per heavy atom. The van der Waals surface area contributed by atoms with E-state index in [1.165, 1.54) is 38.8 Å². The average molecular weight is 169 g/mol. The van der Waals surface area contributed by atoms with Gasteiger partial charge in [0.1, 0.15) is 0 Å². The molecule has 0 bridgehead atoms. The highest BCUT2D eigenvalue weighted by atomic mass is 16.5. The number of rotatable bonds is 2. The zero-order chi connectivity index (χ0) is 8.39. The van der Waals surface area contributed by atoms with Crippen molar-refractivity contribution in [1.29, 1.82) is 0 Å². The van der Waals surface area contributed by atoms with E-state index < -0.39 is 0 Å². The summed E-state index contributed by atoms with van der Waals surface area (Å²) in [5, 5.41) is 3.41. The summed E-state index contributed by atoms with van der Waals surface area (Å²) >= 11 is 0. The SMILES string of the molecule is COC1CC(C2CCNCC2)C1. The summed E-state index contributed by atoms with van der Waals surface area (Å²) in [6, 6.07) is 0. The van der Waals surface area contributed by atoms with E-state index in [-0.39, 0.29) is 0 Å². The van der Waals surface area contributed by atoms with Crippen LogP contribution in [0.25, 0.3) is 0 Å². The predicted octanol–water partition coefficient (Wildman–Crippen LogP) is 1.41. The molecule has 1 aliphatic carbocycles. The molecule has 2 heteroatoms. The van der Waals surface area contributed by atoms with Crippen LogP contribution in [0.3, 0.4) is 0 Å². The molecule has 0 radical (unpaired) electrons. The van der Waals surface area contributed by atoms with E-state index >= 15 is 0 Å². The van der Waals surface area contributed by atoms with Crippen LogP contribution in [0.15, 0.2) is 0 Å². The minimum atomic E-state index is 0.588. The summed E-state index contributed by atoms with van der Waals surface area (Å²) in [6.45, 7) is 2.47. The van der Waals surface area contributed by atoms with Crippen LogP contribution in [0.4, 0.5) is 0 Å². The maximum atomic E-state index is 5.29. The molecule has 0 aromatic heterocycles. The molecule has 1 saturated carbocycles. The zero-order valence-corrected chi connectivity index (χ0v) is 7.88. The molecule has 0 atom stereocenters. The van der Waals surface area contributed by atoms with Gasteiger partial charge in [-0.3, -0.25) is 0 Å². The summed E-state index contributed by atoms with van der Waals surface area (Å²) in [7, 11) is 1.84. The summed E-state index contributed by atoms with van der Waals surface area (Å²) in [5.41, 5.74) is 0. The first-order valence-corrected chi connectivity index (χ1v) is 5.13. The molecule has 1 saturated heterocycles. The number of hydrogen-bond donors (Lipinski definition) is 1. The lowest BCUT2D eigenvalue weighted by Crippen LogP contribution is -2.40. The normalized spacial score (nSPS) is 37.8. The molecule has 2 fully saturated rings. The zero-order valence-electron chi connectivity index (χ0n) is 7.88. The summed E-state index contributed by atoms with van der Waals surface area (Å²) in [5.74, 6) is 1.98. The van der Waals surface area contributed by atoms with E-state index in [1.807, 2.05) is 7.11 Å². The Morgan fingerprint density at radius 2 is 1.75 bits per heavy atom. The van der Waals surface area contributed by atoms with Crippen molar-refractivity contribution in [2.75, 3.05) is 20.2 Å². The molecule has 2 rings (SSSR count). The lowest BCUT2D eigenvalue weighted by Gasteiger charge is -2.41. The quantitative estimate of drug-likeness (QED) is 0.675. The lowest BCUT2D eigenvalue weighted by atomic mass is 9.70. The molecule has 0 spiro atoms. The maximum absolute atomic E-state index is 5.29. The van der Waals surface area contributed by atoms with Gasteiger partial charge in [0, 0.05) is 7.11 Å². The standard InChI is InChI=1S/C10H19NO/c1-12-10-6-9(7-10)8-2-4-11-5-3-8/h8-11H,2-7H2,1H3. The third-order valence-corrected chi connectivity index (χ3v) is 3.52. The topological polar surface area (TPSA) is 21.3 Å². The van der Waals surface area contributed by atoms with Gasteiger partial charge in [0.25, 0.3) is 0 Å². The van der Waals surface area contributed by atoms with Crippen molar-refractivity contribution in [2.24, 2.45) is 11.8 Å². The van der Waals surface area contributed by atoms with Crippen LogP contribution < -0.4 is 5.32 Å². The Morgan fingerprint density at radius 1 is 1.08 bits per heavy atom. The Bertz CT molecular complexity index is 137. The van der Waals surface area contributed by atoms with Crippen molar-refractivity contribution >= 4 is 0 Å². The van der Waals surface area contributed by atoms with Crippen molar-refractivity contribution in [2.45, 2.75) is 31.8 Å². The number of piperidine rings is 1. The fraction of sp³-hybridized carbons (Fsp3) is 1.00. The van der Waals surface area contributed by atoms with Gasteiger partial charge in [-0.2, -0.15) is 0 Å². The van der Waals surface area contributed by atoms with Crippen LogP contribution in [-0.4, -0.2) is 26.3 Å². The summed E-state index contributed by atoms with van der Waals surface area (Å²) in [6.07, 6.45) is 6.01. The third-order valence-electron chi connectivity index (χ3n) is 3.52. The predicted molar refractivity (Wildman–Crippen MR) is 49.1 cm³/mol. The smallest absolute Gasteiger partial charge is 0.0576 e. The van der Waals surface area contributed by atoms with Crippen molar-refractivity contribution in [3.05, 3.63) is 0 Å². The van der Waals surface area contributed by atoms with Gasteiger partial charge in [-0.1, -0.05) is 0 Å². The first kappa shape index (κ1) is 8.52. The number of methoxy groups -OCH3 is 1. The second-order valence-electron chi connectivity index (χ2n) is 4.18. The molecule has 1 aliphatic heterocycles. The van der Waals surface area contributed by atoms with Crippen LogP contribution in [0.1, 0.15) is 25.7 Å². The van der Waals surface area contributed by atoms with Gasteiger partial charge >= 0.3 is 0 Å². The van der Waals surface area contributed by atoms with Crippen molar-refractivity contribution < 1.29 is 4.74 Å². The third kappa shape index (κ3) is 1.64. The number of ether oxygens (including phenoxy) is 1. The molecular formula is C10H19NO. The molecule has 0 aromatic carbocycles. The molecular weight excluding hydrogens is 150 g/mol. The molecule has 0 aromatic rings. The van der Waals surface area contributed by atoms with E-state index in [9.17, 15) is 0 Å². The first-order chi connectivity index (χ1) is 5.90. The van der Waals surface area contributed by atoms with Gasteiger partial charge in [0.15, 0.2) is 0 Å². The number of hydrogen-bond acceptors (Lipinski definition) is 2. The van der Waals surface area contributed by atoms with Crippen molar-refractivity contribution in [3.8, 4) is 0 Å². The molecule has 2 aliphatic rings. The maximum Gasteiger partial charge on any atom is 0.0576 e. The summed E-state index contributed by atoms with van der Waals surface area (Å²) < 4.78 is 5.29. The van der Waals surface area contributed by atoms with Gasteiger partial charge in [0.2, 0.25) is 0 Å². The highest BCUT2D eigenvalue weighted by molar-refractivity contribution is 4.87. The largest absolute Gasteiger partial charge is 0.381 e. The Hall–Kier alpha value is -0.0800. The highest BCUT2D eigenvalue weighted by Gasteiger charge is 2.35. The van der Waals surface area contributed by atoms with Crippen LogP contribution in [-0.2, 0) is 4.74 Å². The second kappa shape index (κ2) is 3.75. The fourth-order valence-electron chi connectivity index (χ4n) is 2.50. The Balaban J connectivity index is 1.72. The van der Waals surface area contributed by atoms with E-state index in [4.69, 9.17) is 4.74 Å². The second-order valence-corrected chi connectivity index (χ2v) is 4.18. The minimum absolute atomic E-state index is 0.588. The van der Waals surface area contributed by atoms with Crippen molar-refractivity contribution in [3.63, 3.8) is 0 Å². The molecule has 70 valence electrons. The molecule has 0 amide bonds. The van der Waals surface area contributed by atoms with Crippen molar-refractivity contribution in [1.82, 2.24) is 5.32 Å². The molecule has 1 N–H and O–H groups in total. The Kier molecular flexibility index (Phi) is 2.66. The average Bonchev–Trinajstić information content (AvgIpc) is 2.04. The highest BCUT2D eigenvalue weighted by Crippen LogP contribution is 2.39. The fourth-order valence-corrected chi connectivity index (χ4v) is 2.50. The van der Waals surface area contributed by atoms with E-state index in [1.54, 1.807) is 0 Å². The van der Waals surface area contributed by atoms with Gasteiger partial charge in [-0.15, -0.1) is 0 Å². The van der Waals surface area contributed by atoms with Crippen LogP contribution in [0.5, 0.6) is 0 Å². The van der Waals surface area contributed by atoms with Gasteiger partial charge < -0.3 is 10.1 Å². The van der Waals surface area contributed by atoms with Crippen LogP contribution >= 0.6 is 0 Å². The molecule has 12 heavy (non-hydrogen) atoms. The summed E-state index contributed by atoms with van der Waals surface area (Å²) in [4.78, 5) is 0. The minimum Gasteiger partial charge on any atom is -0.381 e. The molecule has 2 nitrogen and oxygen atoms in total. The van der Waals surface area contributed by atoms with Gasteiger partial charge in [0.05, 0.1) is 6.10 Å². The van der Waals surface area contributed by atoms with E-state index in [0.717, 1.165) is 11.8 Å². The van der Waals surface area contributed by atoms with Gasteiger partial charge in [-0.25, -0.2) is 0 Å². The van der Waals surface area contributed by atoms with Crippen LogP contribution in [0, 0.1) is 11.8 Å². The molecule has 0 unspecified atom stereocenters. The lowest BCUT2D eigenvalue weighted by molar-refractivity contribution is -0.0253. The Labute approximate surface area is 74.7 Å². The van der Waals surface area contributed by atoms with E-state index in [2.05, 4.69) is 5.32 Å². The van der Waals surface area contributed by atoms with Gasteiger partial charge in [-0.05, 0) is 50.6 Å². The van der Waals surface area contributed by atoms with Crippen LogP contribution in [0.2, 0.25) is 0 Å². The van der Waals surface area contributed by atoms with E-state index in [0.29, 0.717) is 6.10 Å². The monoisotopic (exact) mass is 169 g/mol. The molecule has 1 heterocycles. The number of nitrogens with one attached hydrogen (secondary N) is 1.